The molecule has 0 amide bonds. The van der Waals surface area contributed by atoms with Crippen LogP contribution in [0.4, 0.5) is 0 Å². The average Bonchev–Trinajstić information content (AvgIpc) is 2.64. The van der Waals surface area contributed by atoms with Crippen molar-refractivity contribution in [3.05, 3.63) is 0 Å². The zero-order chi connectivity index (χ0) is 19.7. The van der Waals surface area contributed by atoms with E-state index < -0.39 is 0 Å². The fourth-order valence-electron chi connectivity index (χ4n) is 8.13. The van der Waals surface area contributed by atoms with Gasteiger partial charge in [-0.15, -0.1) is 0 Å². The Hall–Kier alpha value is 1.01. The lowest BCUT2D eigenvalue weighted by atomic mass is 9.28. The topological polar surface area (TPSA) is 12.0 Å². The maximum atomic E-state index is 5.13. The Morgan fingerprint density at radius 3 is 2.04 bits per heavy atom. The van der Waals surface area contributed by atoms with Gasteiger partial charge < -0.3 is 0 Å². The molecule has 3 aliphatic carbocycles. The molecule has 1 N–H and O–H groups in total. The van der Waals surface area contributed by atoms with E-state index in [9.17, 15) is 0 Å². The highest BCUT2D eigenvalue weighted by Gasteiger charge is 2.74. The molecule has 0 aliphatic heterocycles. The summed E-state index contributed by atoms with van der Waals surface area (Å²) >= 11 is 14.8. The minimum Gasteiger partial charge on any atom is -0.263 e. The fourth-order valence-corrected chi connectivity index (χ4v) is 9.54. The van der Waals surface area contributed by atoms with Crippen molar-refractivity contribution in [1.82, 2.24) is 4.72 Å². The Morgan fingerprint density at radius 2 is 1.44 bits per heavy atom. The summed E-state index contributed by atoms with van der Waals surface area (Å²) in [5, 5.41) is 1.11. The zero-order valence-corrected chi connectivity index (χ0v) is 20.5. The van der Waals surface area contributed by atoms with Crippen LogP contribution in [-0.2, 0) is 0 Å². The normalized spacial score (nSPS) is 46.4. The molecule has 27 heavy (non-hydrogen) atoms. The van der Waals surface area contributed by atoms with Gasteiger partial charge in [-0.05, 0) is 67.1 Å². The first-order valence-corrected chi connectivity index (χ1v) is 13.2. The second-order valence-corrected chi connectivity index (χ2v) is 11.8. The van der Waals surface area contributed by atoms with Gasteiger partial charge in [0.25, 0.3) is 0 Å². The lowest BCUT2D eigenvalue weighted by Gasteiger charge is -2.78. The van der Waals surface area contributed by atoms with Crippen LogP contribution in [0.3, 0.4) is 0 Å². The van der Waals surface area contributed by atoms with E-state index in [0.29, 0.717) is 27.4 Å². The molecule has 3 aliphatic rings. The average molecular weight is 430 g/mol. The van der Waals surface area contributed by atoms with Gasteiger partial charge in [0.2, 0.25) is 0 Å². The van der Waals surface area contributed by atoms with Crippen LogP contribution < -0.4 is 4.72 Å². The molecule has 1 nitrogen and oxygen atoms in total. The minimum absolute atomic E-state index is 0.473. The maximum absolute atomic E-state index is 5.13. The van der Waals surface area contributed by atoms with E-state index in [2.05, 4.69) is 38.3 Å². The Kier molecular flexibility index (Phi) is 7.93. The van der Waals surface area contributed by atoms with Gasteiger partial charge in [0.05, 0.1) is 0 Å². The third-order valence-electron chi connectivity index (χ3n) is 8.66. The summed E-state index contributed by atoms with van der Waals surface area (Å²) in [4.78, 5) is 0. The lowest BCUT2D eigenvalue weighted by molar-refractivity contribution is -0.280. The van der Waals surface area contributed by atoms with E-state index in [1.807, 2.05) is 0 Å². The minimum atomic E-state index is 0.473. The fraction of sp³-hybridized carbons (Fsp3) is 1.00. The third-order valence-corrected chi connectivity index (χ3v) is 9.78. The molecule has 3 fully saturated rings. The Balaban J connectivity index is 2.02. The number of rotatable bonds is 9. The monoisotopic (exact) mass is 429 g/mol. The van der Waals surface area contributed by atoms with Gasteiger partial charge in [-0.2, -0.15) is 25.3 Å². The molecule has 158 valence electrons. The largest absolute Gasteiger partial charge is 0.263 e. The van der Waals surface area contributed by atoms with Crippen molar-refractivity contribution >= 4 is 38.1 Å². The summed E-state index contributed by atoms with van der Waals surface area (Å²) < 4.78 is 3.47. The third kappa shape index (κ3) is 3.76. The van der Waals surface area contributed by atoms with Gasteiger partial charge in [0.1, 0.15) is 0 Å². The van der Waals surface area contributed by atoms with Crippen molar-refractivity contribution in [2.75, 3.05) is 0 Å². The smallest absolute Gasteiger partial charge is 0.0216 e. The highest BCUT2D eigenvalue weighted by Crippen LogP contribution is 2.79. The van der Waals surface area contributed by atoms with E-state index in [4.69, 9.17) is 25.3 Å². The van der Waals surface area contributed by atoms with Crippen LogP contribution in [0.15, 0.2) is 0 Å². The number of nitrogens with one attached hydrogen (secondary N) is 1. The van der Waals surface area contributed by atoms with Crippen molar-refractivity contribution in [2.45, 2.75) is 114 Å². The number of unbranched alkanes of at least 4 members (excludes halogenated alkanes) is 2. The van der Waals surface area contributed by atoms with Crippen LogP contribution in [0.2, 0.25) is 0 Å². The molecular weight excluding hydrogens is 386 g/mol. The summed E-state index contributed by atoms with van der Waals surface area (Å²) in [6.45, 7) is 7.11. The molecule has 0 aromatic carbocycles. The number of thiol groups is 3. The molecule has 0 aromatic heterocycles. The molecule has 0 saturated heterocycles. The SMILES string of the molecule is CCCCC1CC(S)CC2(CCC)C1C1C(NS)CC(S)CC12CCCC. The number of hydrogen-bond acceptors (Lipinski definition) is 4. The Labute approximate surface area is 185 Å². The lowest BCUT2D eigenvalue weighted by Crippen LogP contribution is -2.75. The van der Waals surface area contributed by atoms with Gasteiger partial charge in [0.15, 0.2) is 0 Å². The molecule has 0 aromatic rings. The Bertz CT molecular complexity index is 486. The van der Waals surface area contributed by atoms with E-state index in [1.165, 1.54) is 77.0 Å². The van der Waals surface area contributed by atoms with Crippen molar-refractivity contribution in [2.24, 2.45) is 28.6 Å². The molecule has 0 bridgehead atoms. The second kappa shape index (κ2) is 9.43. The second-order valence-electron chi connectivity index (χ2n) is 10.0. The van der Waals surface area contributed by atoms with E-state index in [-0.39, 0.29) is 0 Å². The van der Waals surface area contributed by atoms with Crippen LogP contribution >= 0.6 is 38.1 Å². The van der Waals surface area contributed by atoms with Crippen LogP contribution in [-0.4, -0.2) is 16.5 Å². The van der Waals surface area contributed by atoms with E-state index >= 15 is 0 Å². The summed E-state index contributed by atoms with van der Waals surface area (Å²) in [6, 6.07) is 0.539. The summed E-state index contributed by atoms with van der Waals surface area (Å²) in [5.41, 5.74) is 0.982. The van der Waals surface area contributed by atoms with Gasteiger partial charge in [-0.25, -0.2) is 0 Å². The van der Waals surface area contributed by atoms with Crippen molar-refractivity contribution in [3.8, 4) is 0 Å². The van der Waals surface area contributed by atoms with Gasteiger partial charge >= 0.3 is 0 Å². The molecule has 3 rings (SSSR count). The Morgan fingerprint density at radius 1 is 0.815 bits per heavy atom. The molecule has 0 heterocycles. The van der Waals surface area contributed by atoms with Gasteiger partial charge in [-0.1, -0.05) is 72.1 Å². The predicted octanol–water partition coefficient (Wildman–Crippen LogP) is 6.99. The first-order chi connectivity index (χ1) is 13.0. The van der Waals surface area contributed by atoms with Gasteiger partial charge in [-0.3, -0.25) is 4.72 Å². The van der Waals surface area contributed by atoms with Gasteiger partial charge in [0, 0.05) is 16.5 Å². The van der Waals surface area contributed by atoms with Crippen LogP contribution in [0.5, 0.6) is 0 Å². The molecule has 3 saturated carbocycles. The van der Waals surface area contributed by atoms with Crippen LogP contribution in [0.1, 0.15) is 97.8 Å². The van der Waals surface area contributed by atoms with E-state index in [1.54, 1.807) is 0 Å². The van der Waals surface area contributed by atoms with Crippen molar-refractivity contribution in [1.29, 1.82) is 0 Å². The number of fused-ring (bicyclic) bond motifs is 4. The van der Waals surface area contributed by atoms with Crippen LogP contribution in [0, 0.1) is 28.6 Å². The molecule has 0 spiro atoms. The summed E-state index contributed by atoms with van der Waals surface area (Å²) in [7, 11) is 0. The summed E-state index contributed by atoms with van der Waals surface area (Å²) in [5.74, 6) is 2.56. The first-order valence-electron chi connectivity index (χ1n) is 11.7. The zero-order valence-electron chi connectivity index (χ0n) is 17.8. The highest BCUT2D eigenvalue weighted by molar-refractivity contribution is 7.81. The van der Waals surface area contributed by atoms with E-state index in [0.717, 1.165) is 17.8 Å². The quantitative estimate of drug-likeness (QED) is 0.290. The molecule has 0 radical (unpaired) electrons. The standard InChI is InChI=1S/C23H43NS3/c1-4-7-9-16-12-17(25)14-22(10-6-3)20(16)21-19(24-27)13-18(26)15-23(21,22)11-8-5-2/h16-21,24-27H,4-15H2,1-3H3. The van der Waals surface area contributed by atoms with Crippen LogP contribution in [0.25, 0.3) is 0 Å². The highest BCUT2D eigenvalue weighted by atomic mass is 32.1. The predicted molar refractivity (Wildman–Crippen MR) is 129 cm³/mol. The molecule has 8 unspecified atom stereocenters. The molecule has 8 atom stereocenters. The molecule has 4 heteroatoms. The molecular formula is C23H43NS3. The summed E-state index contributed by atoms with van der Waals surface area (Å²) in [6.07, 6.45) is 16.1. The number of hydrogen-bond donors (Lipinski definition) is 4. The van der Waals surface area contributed by atoms with Crippen molar-refractivity contribution < 1.29 is 0 Å². The maximum Gasteiger partial charge on any atom is 0.0216 e. The van der Waals surface area contributed by atoms with Crippen molar-refractivity contribution in [3.63, 3.8) is 0 Å². The first kappa shape index (κ1) is 22.7.